The Morgan fingerprint density at radius 2 is 1.87 bits per heavy atom. The van der Waals surface area contributed by atoms with Gasteiger partial charge >= 0.3 is 0 Å². The number of aromatic nitrogens is 4. The van der Waals surface area contributed by atoms with Gasteiger partial charge in [0.05, 0.1) is 21.8 Å². The quantitative estimate of drug-likeness (QED) is 0.456. The van der Waals surface area contributed by atoms with Crippen molar-refractivity contribution in [2.45, 2.75) is 18.7 Å². The molecule has 4 aromatic rings. The number of H-pyrrole nitrogens is 1. The van der Waals surface area contributed by atoms with Gasteiger partial charge in [0.15, 0.2) is 5.65 Å². The van der Waals surface area contributed by atoms with Crippen molar-refractivity contribution in [3.63, 3.8) is 0 Å². The minimum Gasteiger partial charge on any atom is -0.287 e. The summed E-state index contributed by atoms with van der Waals surface area (Å²) in [7, 11) is -3.97. The molecule has 1 aromatic carbocycles. The maximum Gasteiger partial charge on any atom is 0.261 e. The lowest BCUT2D eigenvalue weighted by Gasteiger charge is -2.13. The number of pyridine rings is 2. The molecule has 0 aliphatic carbocycles. The lowest BCUT2D eigenvalue weighted by Crippen LogP contribution is -2.17. The first kappa shape index (κ1) is 20.0. The lowest BCUT2D eigenvalue weighted by atomic mass is 10.1. The van der Waals surface area contributed by atoms with Crippen LogP contribution < -0.4 is 4.72 Å². The van der Waals surface area contributed by atoms with E-state index in [1.165, 1.54) is 36.8 Å². The zero-order valence-electron chi connectivity index (χ0n) is 16.0. The Labute approximate surface area is 177 Å². The molecule has 0 atom stereocenters. The fourth-order valence-corrected chi connectivity index (χ4v) is 4.26. The molecule has 0 amide bonds. The summed E-state index contributed by atoms with van der Waals surface area (Å²) in [5.41, 5.74) is 2.43. The van der Waals surface area contributed by atoms with Gasteiger partial charge in [-0.25, -0.2) is 18.4 Å². The Morgan fingerprint density at radius 1 is 1.07 bits per heavy atom. The first-order chi connectivity index (χ1) is 14.3. The van der Waals surface area contributed by atoms with Gasteiger partial charge < -0.3 is 0 Å². The zero-order chi connectivity index (χ0) is 21.5. The number of anilines is 1. The SMILES string of the molecule is Cc1ccc(S(=O)(=O)Nc2cc(Cl)cnc2C(=O)c2ccnc3[nH]ncc23)cc1C. The standard InChI is InChI=1S/C20H16ClN5O3S/c1-11-3-4-14(7-12(11)2)30(28,29)26-17-8-13(21)9-23-18(17)19(27)15-5-6-22-20-16(15)10-24-25-20/h3-10,26H,1-2H3,(H,22,24,25). The molecule has 2 N–H and O–H groups in total. The minimum absolute atomic E-state index is 0.0146. The molecule has 0 saturated carbocycles. The summed E-state index contributed by atoms with van der Waals surface area (Å²) < 4.78 is 28.3. The molecule has 0 bridgehead atoms. The number of sulfonamides is 1. The van der Waals surface area contributed by atoms with Crippen molar-refractivity contribution >= 4 is 44.1 Å². The van der Waals surface area contributed by atoms with E-state index in [4.69, 9.17) is 11.6 Å². The number of aryl methyl sites for hydroxylation is 2. The molecule has 152 valence electrons. The van der Waals surface area contributed by atoms with Crippen LogP contribution in [0.4, 0.5) is 5.69 Å². The first-order valence-electron chi connectivity index (χ1n) is 8.84. The Kier molecular flexibility index (Phi) is 5.00. The fraction of sp³-hybridized carbons (Fsp3) is 0.100. The van der Waals surface area contributed by atoms with Gasteiger partial charge in [0.1, 0.15) is 5.69 Å². The van der Waals surface area contributed by atoms with Gasteiger partial charge in [-0.2, -0.15) is 5.10 Å². The molecule has 3 aromatic heterocycles. The van der Waals surface area contributed by atoms with Gasteiger partial charge in [-0.05, 0) is 49.2 Å². The molecule has 0 spiro atoms. The highest BCUT2D eigenvalue weighted by Crippen LogP contribution is 2.26. The molecule has 4 rings (SSSR count). The van der Waals surface area contributed by atoms with Crippen LogP contribution in [0, 0.1) is 13.8 Å². The first-order valence-corrected chi connectivity index (χ1v) is 10.7. The van der Waals surface area contributed by atoms with Gasteiger partial charge in [0.25, 0.3) is 10.0 Å². The van der Waals surface area contributed by atoms with Crippen LogP contribution in [0.1, 0.15) is 27.2 Å². The van der Waals surface area contributed by atoms with Crippen LogP contribution in [-0.4, -0.2) is 34.4 Å². The topological polar surface area (TPSA) is 118 Å². The number of carbonyl (C=O) groups is 1. The average molecular weight is 442 g/mol. The van der Waals surface area contributed by atoms with Crippen molar-refractivity contribution in [3.05, 3.63) is 76.3 Å². The Balaban J connectivity index is 1.78. The van der Waals surface area contributed by atoms with Crippen molar-refractivity contribution in [2.75, 3.05) is 4.72 Å². The third-order valence-corrected chi connectivity index (χ3v) is 6.27. The van der Waals surface area contributed by atoms with Gasteiger partial charge in [-0.15, -0.1) is 0 Å². The Bertz CT molecular complexity index is 1400. The number of hydrogen-bond acceptors (Lipinski definition) is 6. The number of halogens is 1. The fourth-order valence-electron chi connectivity index (χ4n) is 2.96. The summed E-state index contributed by atoms with van der Waals surface area (Å²) >= 11 is 6.03. The number of carbonyl (C=O) groups excluding carboxylic acids is 1. The van der Waals surface area contributed by atoms with Gasteiger partial charge in [0.2, 0.25) is 5.78 Å². The Hall–Kier alpha value is -3.30. The van der Waals surface area contributed by atoms with Crippen LogP contribution in [0.5, 0.6) is 0 Å². The highest BCUT2D eigenvalue weighted by molar-refractivity contribution is 7.92. The van der Waals surface area contributed by atoms with Crippen LogP contribution in [-0.2, 0) is 10.0 Å². The van der Waals surface area contributed by atoms with Crippen LogP contribution in [0.2, 0.25) is 5.02 Å². The average Bonchev–Trinajstić information content (AvgIpc) is 3.18. The van der Waals surface area contributed by atoms with Crippen molar-refractivity contribution in [1.82, 2.24) is 20.2 Å². The molecule has 0 aliphatic heterocycles. The van der Waals surface area contributed by atoms with Gasteiger partial charge in [0, 0.05) is 23.3 Å². The van der Waals surface area contributed by atoms with Gasteiger partial charge in [-0.1, -0.05) is 17.7 Å². The van der Waals surface area contributed by atoms with Gasteiger partial charge in [-0.3, -0.25) is 14.6 Å². The summed E-state index contributed by atoms with van der Waals surface area (Å²) in [4.78, 5) is 21.5. The number of nitrogens with zero attached hydrogens (tertiary/aromatic N) is 3. The third-order valence-electron chi connectivity index (χ3n) is 4.70. The van der Waals surface area contributed by atoms with E-state index in [0.29, 0.717) is 11.0 Å². The van der Waals surface area contributed by atoms with E-state index in [-0.39, 0.29) is 26.9 Å². The summed E-state index contributed by atoms with van der Waals surface area (Å²) in [6, 6.07) is 7.67. The molecule has 3 heterocycles. The predicted octanol–water partition coefficient (Wildman–Crippen LogP) is 3.65. The number of hydrogen-bond donors (Lipinski definition) is 2. The van der Waals surface area contributed by atoms with E-state index in [2.05, 4.69) is 24.9 Å². The largest absolute Gasteiger partial charge is 0.287 e. The van der Waals surface area contributed by atoms with Crippen molar-refractivity contribution < 1.29 is 13.2 Å². The van der Waals surface area contributed by atoms with E-state index in [9.17, 15) is 13.2 Å². The smallest absolute Gasteiger partial charge is 0.261 e. The van der Waals surface area contributed by atoms with Crippen LogP contribution in [0.25, 0.3) is 11.0 Å². The van der Waals surface area contributed by atoms with E-state index >= 15 is 0 Å². The molecule has 0 saturated heterocycles. The molecule has 0 radical (unpaired) electrons. The summed E-state index contributed by atoms with van der Waals surface area (Å²) in [6.07, 6.45) is 4.23. The van der Waals surface area contributed by atoms with Crippen molar-refractivity contribution in [2.24, 2.45) is 0 Å². The maximum atomic E-state index is 13.2. The second-order valence-electron chi connectivity index (χ2n) is 6.72. The molecule has 8 nitrogen and oxygen atoms in total. The summed E-state index contributed by atoms with van der Waals surface area (Å²) in [5, 5.41) is 7.28. The maximum absolute atomic E-state index is 13.2. The normalized spacial score (nSPS) is 11.6. The predicted molar refractivity (Wildman–Crippen MR) is 113 cm³/mol. The number of nitrogens with one attached hydrogen (secondary N) is 2. The lowest BCUT2D eigenvalue weighted by molar-refractivity contribution is 0.103. The van der Waals surface area contributed by atoms with Crippen molar-refractivity contribution in [1.29, 1.82) is 0 Å². The van der Waals surface area contributed by atoms with E-state index < -0.39 is 15.8 Å². The zero-order valence-corrected chi connectivity index (χ0v) is 17.5. The number of benzene rings is 1. The second kappa shape index (κ2) is 7.51. The minimum atomic E-state index is -3.97. The molecule has 30 heavy (non-hydrogen) atoms. The second-order valence-corrected chi connectivity index (χ2v) is 8.84. The summed E-state index contributed by atoms with van der Waals surface area (Å²) in [5.74, 6) is -0.488. The van der Waals surface area contributed by atoms with E-state index in [1.54, 1.807) is 12.1 Å². The monoisotopic (exact) mass is 441 g/mol. The number of rotatable bonds is 5. The highest BCUT2D eigenvalue weighted by Gasteiger charge is 2.23. The van der Waals surface area contributed by atoms with E-state index in [0.717, 1.165) is 11.1 Å². The number of ketones is 1. The highest BCUT2D eigenvalue weighted by atomic mass is 35.5. The van der Waals surface area contributed by atoms with Crippen LogP contribution in [0.15, 0.2) is 53.8 Å². The number of fused-ring (bicyclic) bond motifs is 1. The van der Waals surface area contributed by atoms with Crippen molar-refractivity contribution in [3.8, 4) is 0 Å². The summed E-state index contributed by atoms with van der Waals surface area (Å²) in [6.45, 7) is 3.71. The molecule has 0 fully saturated rings. The Morgan fingerprint density at radius 3 is 2.63 bits per heavy atom. The number of aromatic amines is 1. The third kappa shape index (κ3) is 3.64. The van der Waals surface area contributed by atoms with Crippen LogP contribution in [0.3, 0.4) is 0 Å². The van der Waals surface area contributed by atoms with Crippen LogP contribution >= 0.6 is 11.6 Å². The molecular formula is C20H16ClN5O3S. The molecule has 10 heteroatoms. The molecular weight excluding hydrogens is 426 g/mol. The van der Waals surface area contributed by atoms with E-state index in [1.807, 2.05) is 13.8 Å². The molecule has 0 unspecified atom stereocenters. The molecule has 0 aliphatic rings.